The van der Waals surface area contributed by atoms with Crippen molar-refractivity contribution < 1.29 is 5.11 Å². The van der Waals surface area contributed by atoms with Crippen LogP contribution < -0.4 is 20.2 Å². The summed E-state index contributed by atoms with van der Waals surface area (Å²) in [5, 5.41) is 16.7. The Balaban J connectivity index is 1.78. The Hall–Kier alpha value is -1.81. The molecule has 2 aliphatic heterocycles. The van der Waals surface area contributed by atoms with Gasteiger partial charge in [-0.05, 0) is 0 Å². The topological polar surface area (TPSA) is 44.6 Å². The summed E-state index contributed by atoms with van der Waals surface area (Å²) in [7, 11) is 4.22. The van der Waals surface area contributed by atoms with Gasteiger partial charge in [-0.3, -0.25) is 0 Å². The molecule has 3 nitrogen and oxygen atoms in total. The molecule has 1 fully saturated rings. The number of hydrogen-bond acceptors (Lipinski definition) is 5. The van der Waals surface area contributed by atoms with Gasteiger partial charge >= 0.3 is 176 Å². The van der Waals surface area contributed by atoms with Crippen molar-refractivity contribution in [2.45, 2.75) is 6.92 Å². The van der Waals surface area contributed by atoms with E-state index in [9.17, 15) is 5.11 Å². The van der Waals surface area contributed by atoms with E-state index in [2.05, 4.69) is 44.1 Å². The van der Waals surface area contributed by atoms with Crippen LogP contribution in [0.1, 0.15) is 5.56 Å². The summed E-state index contributed by atoms with van der Waals surface area (Å²) in [6, 6.07) is 16.2. The van der Waals surface area contributed by atoms with Gasteiger partial charge in [-0.2, -0.15) is 0 Å². The van der Waals surface area contributed by atoms with Gasteiger partial charge in [0.1, 0.15) is 0 Å². The van der Waals surface area contributed by atoms with E-state index >= 15 is 0 Å². The number of aryl methyl sites for hydroxylation is 1. The first-order valence-electron chi connectivity index (χ1n) is 9.09. The molecule has 0 aromatic heterocycles. The molecule has 3 aromatic rings. The van der Waals surface area contributed by atoms with Crippen LogP contribution in [-0.4, -0.2) is 29.0 Å². The van der Waals surface area contributed by atoms with E-state index < -0.39 is 12.3 Å². The maximum absolute atomic E-state index is 10.9. The molecule has 2 aliphatic rings. The molecule has 0 aliphatic carbocycles. The average molecular weight is 466 g/mol. The minimum atomic E-state index is -1.26. The van der Waals surface area contributed by atoms with Gasteiger partial charge in [-0.15, -0.1) is 0 Å². The molecule has 28 heavy (non-hydrogen) atoms. The minimum absolute atomic E-state index is 0.311. The molecule has 0 unspecified atom stereocenters. The van der Waals surface area contributed by atoms with Crippen LogP contribution in [0, 0.1) is 6.92 Å². The van der Waals surface area contributed by atoms with E-state index in [0.717, 1.165) is 44.3 Å². The summed E-state index contributed by atoms with van der Waals surface area (Å²) in [6.07, 6.45) is 0. The van der Waals surface area contributed by atoms with Crippen molar-refractivity contribution in [2.24, 2.45) is 4.99 Å². The number of phenolic OH excluding ortho intramolecular Hbond substituents is 1. The molecule has 2 N–H and O–H groups in total. The predicted octanol–water partition coefficient (Wildman–Crippen LogP) is 3.96. The number of phenols is 1. The summed E-state index contributed by atoms with van der Waals surface area (Å²) in [4.78, 5) is 4.97. The van der Waals surface area contributed by atoms with Crippen LogP contribution in [0.3, 0.4) is 0 Å². The van der Waals surface area contributed by atoms with Crippen molar-refractivity contribution in [1.82, 2.24) is 0 Å². The zero-order chi connectivity index (χ0) is 19.3. The van der Waals surface area contributed by atoms with Gasteiger partial charge in [0.2, 0.25) is 0 Å². The number of hydrogen-bond donors (Lipinski definition) is 2. The monoisotopic (exact) mass is 466 g/mol. The number of fused-ring (bicyclic) bond motifs is 2. The van der Waals surface area contributed by atoms with Gasteiger partial charge in [-0.1, -0.05) is 0 Å². The van der Waals surface area contributed by atoms with Crippen LogP contribution in [0.4, 0.5) is 17.1 Å². The molecule has 0 amide bonds. The molecule has 0 spiro atoms. The third-order valence-corrected chi connectivity index (χ3v) is 18.7. The second-order valence-electron chi connectivity index (χ2n) is 6.81. The van der Waals surface area contributed by atoms with Crippen molar-refractivity contribution >= 4 is 60.4 Å². The Bertz CT molecular complexity index is 1190. The number of aromatic hydroxyl groups is 1. The first-order valence-corrected chi connectivity index (χ1v) is 16.5. The number of benzene rings is 3. The molecule has 0 saturated carbocycles. The zero-order valence-electron chi connectivity index (χ0n) is 15.4. The first kappa shape index (κ1) is 18.2. The fourth-order valence-electron chi connectivity index (χ4n) is 3.60. The molecule has 0 atom stereocenters. The van der Waals surface area contributed by atoms with Crippen LogP contribution in [-0.2, 0) is 0 Å². The number of anilines is 2. The molecule has 2 heterocycles. The van der Waals surface area contributed by atoms with Crippen molar-refractivity contribution in [3.05, 3.63) is 64.7 Å². The normalized spacial score (nSPS) is 15.5. The summed E-state index contributed by atoms with van der Waals surface area (Å²) in [5.74, 6) is 2.75. The van der Waals surface area contributed by atoms with Gasteiger partial charge in [-0.25, -0.2) is 0 Å². The molecule has 0 bridgehead atoms. The molecule has 3 aromatic carbocycles. The summed E-state index contributed by atoms with van der Waals surface area (Å²) in [6.45, 7) is 6.25. The van der Waals surface area contributed by atoms with Gasteiger partial charge in [0.25, 0.3) is 0 Å². The Morgan fingerprint density at radius 3 is 2.57 bits per heavy atom. The Morgan fingerprint density at radius 1 is 1.07 bits per heavy atom. The van der Waals surface area contributed by atoms with Crippen molar-refractivity contribution in [3.8, 4) is 16.9 Å². The van der Waals surface area contributed by atoms with Crippen molar-refractivity contribution in [1.29, 1.82) is 0 Å². The molecular formula is C22H19AsN2OS2. The second-order valence-corrected chi connectivity index (χ2v) is 18.4. The third kappa shape index (κ3) is 2.97. The summed E-state index contributed by atoms with van der Waals surface area (Å²) in [5.41, 5.74) is 5.48. The van der Waals surface area contributed by atoms with E-state index in [1.165, 1.54) is 15.9 Å². The maximum atomic E-state index is 10.9. The number of rotatable bonds is 2. The second kappa shape index (κ2) is 7.22. The Labute approximate surface area is 175 Å². The van der Waals surface area contributed by atoms with Gasteiger partial charge in [0.05, 0.1) is 0 Å². The zero-order valence-corrected chi connectivity index (χ0v) is 18.9. The predicted molar refractivity (Wildman–Crippen MR) is 124 cm³/mol. The standard InChI is InChI=1S/C22H19AsN2OS2/c1-13-8-9-16-21(19(13)23-27-10-11-28-23)25-20-17(24-16)12-14(2)22(26)18(20)15-6-4-3-5-7-15/h3-9,12,25-26H,1,10-11H2,2H3. The van der Waals surface area contributed by atoms with Gasteiger partial charge in [0.15, 0.2) is 0 Å². The van der Waals surface area contributed by atoms with Crippen LogP contribution >= 0.6 is 20.0 Å². The van der Waals surface area contributed by atoms with E-state index in [-0.39, 0.29) is 0 Å². The van der Waals surface area contributed by atoms with Crippen LogP contribution in [0.25, 0.3) is 17.7 Å². The van der Waals surface area contributed by atoms with E-state index in [4.69, 9.17) is 4.99 Å². The van der Waals surface area contributed by atoms with Gasteiger partial charge in [0, 0.05) is 0 Å². The molecule has 6 heteroatoms. The molecule has 140 valence electrons. The summed E-state index contributed by atoms with van der Waals surface area (Å²) < 4.78 is 1.37. The first-order chi connectivity index (χ1) is 13.6. The fraction of sp³-hybridized carbons (Fsp3) is 0.136. The number of nitrogens with one attached hydrogen (secondary N) is 1. The quantitative estimate of drug-likeness (QED) is 0.439. The van der Waals surface area contributed by atoms with E-state index in [1.54, 1.807) is 0 Å². The average Bonchev–Trinajstić information content (AvgIpc) is 3.23. The van der Waals surface area contributed by atoms with E-state index in [0.29, 0.717) is 5.75 Å². The molecule has 5 rings (SSSR count). The van der Waals surface area contributed by atoms with Crippen molar-refractivity contribution in [2.75, 3.05) is 16.8 Å². The Kier molecular flexibility index (Phi) is 4.70. The third-order valence-electron chi connectivity index (χ3n) is 4.95. The molecule has 1 saturated heterocycles. The van der Waals surface area contributed by atoms with Crippen LogP contribution in [0.2, 0.25) is 0 Å². The SMILES string of the molecule is C=c1ccc2c(c1[As]1SCCS1)Nc1c(cc(C)c(O)c1-c1ccccc1)N=2. The fourth-order valence-corrected chi connectivity index (χ4v) is 18.9. The van der Waals surface area contributed by atoms with Crippen LogP contribution in [0.5, 0.6) is 5.75 Å². The molecular weight excluding hydrogens is 447 g/mol. The van der Waals surface area contributed by atoms with E-state index in [1.807, 2.05) is 43.3 Å². The summed E-state index contributed by atoms with van der Waals surface area (Å²) >= 11 is -1.26. The Morgan fingerprint density at radius 2 is 1.82 bits per heavy atom. The van der Waals surface area contributed by atoms with Crippen molar-refractivity contribution in [3.63, 3.8) is 0 Å². The molecule has 0 radical (unpaired) electrons. The van der Waals surface area contributed by atoms with Crippen LogP contribution in [0.15, 0.2) is 53.5 Å². The number of nitrogens with zero attached hydrogens (tertiary/aromatic N) is 1. The van der Waals surface area contributed by atoms with Gasteiger partial charge < -0.3 is 0 Å².